The summed E-state index contributed by atoms with van der Waals surface area (Å²) < 4.78 is 6.60. The molecule has 24 heavy (non-hydrogen) atoms. The van der Waals surface area contributed by atoms with Crippen LogP contribution in [0.3, 0.4) is 0 Å². The van der Waals surface area contributed by atoms with Crippen molar-refractivity contribution in [3.05, 3.63) is 29.3 Å². The van der Waals surface area contributed by atoms with E-state index in [1.807, 2.05) is 12.1 Å². The van der Waals surface area contributed by atoms with E-state index in [2.05, 4.69) is 40.8 Å². The molecule has 1 N–H and O–H groups in total. The second-order valence-corrected chi connectivity index (χ2v) is 13.7. The molecule has 1 aromatic carbocycles. The van der Waals surface area contributed by atoms with E-state index in [0.29, 0.717) is 5.56 Å². The zero-order chi connectivity index (χ0) is 18.2. The van der Waals surface area contributed by atoms with Crippen LogP contribution in [0.25, 0.3) is 0 Å². The number of carboxylic acid groups (broad SMARTS) is 1. The van der Waals surface area contributed by atoms with Gasteiger partial charge in [0.15, 0.2) is 0 Å². The van der Waals surface area contributed by atoms with Gasteiger partial charge in [-0.3, -0.25) is 0 Å². The zero-order valence-electron chi connectivity index (χ0n) is 16.0. The Bertz CT molecular complexity index is 608. The molecule has 0 atom stereocenters. The maximum atomic E-state index is 11.5. The summed E-state index contributed by atoms with van der Waals surface area (Å²) >= 11 is 0. The molecule has 134 valence electrons. The molecule has 0 amide bonds. The summed E-state index contributed by atoms with van der Waals surface area (Å²) in [6, 6.07) is 5.43. The molecule has 0 aromatic heterocycles. The van der Waals surface area contributed by atoms with Crippen molar-refractivity contribution in [2.24, 2.45) is 0 Å². The van der Waals surface area contributed by atoms with Gasteiger partial charge in [0.05, 0.1) is 5.56 Å². The number of rotatable bonds is 4. The first-order valence-electron chi connectivity index (χ1n) is 9.03. The van der Waals surface area contributed by atoms with Crippen LogP contribution in [-0.4, -0.2) is 19.4 Å². The van der Waals surface area contributed by atoms with Crippen molar-refractivity contribution in [3.8, 4) is 5.75 Å². The number of hydrogen-bond acceptors (Lipinski definition) is 2. The van der Waals surface area contributed by atoms with Crippen LogP contribution in [0.4, 0.5) is 0 Å². The van der Waals surface area contributed by atoms with E-state index in [-0.39, 0.29) is 10.5 Å². The molecular formula is C20H32O3Si. The highest BCUT2D eigenvalue weighted by atomic mass is 28.4. The Morgan fingerprint density at radius 3 is 2.25 bits per heavy atom. The Morgan fingerprint density at radius 1 is 1.17 bits per heavy atom. The number of benzene rings is 1. The fraction of sp³-hybridized carbons (Fsp3) is 0.650. The van der Waals surface area contributed by atoms with Crippen molar-refractivity contribution in [2.45, 2.75) is 83.3 Å². The molecule has 0 unspecified atom stereocenters. The molecule has 3 nitrogen and oxygen atoms in total. The Hall–Kier alpha value is -1.29. The Kier molecular flexibility index (Phi) is 5.19. The molecule has 0 aliphatic heterocycles. The van der Waals surface area contributed by atoms with Crippen LogP contribution in [0.2, 0.25) is 18.1 Å². The highest BCUT2D eigenvalue weighted by Crippen LogP contribution is 2.45. The molecule has 0 radical (unpaired) electrons. The third kappa shape index (κ3) is 3.85. The minimum absolute atomic E-state index is 0.0153. The van der Waals surface area contributed by atoms with Gasteiger partial charge in [-0.25, -0.2) is 4.79 Å². The first kappa shape index (κ1) is 19.0. The van der Waals surface area contributed by atoms with Gasteiger partial charge in [-0.1, -0.05) is 47.0 Å². The number of hydrogen-bond donors (Lipinski definition) is 1. The Labute approximate surface area is 147 Å². The van der Waals surface area contributed by atoms with Gasteiger partial charge in [0.1, 0.15) is 5.75 Å². The van der Waals surface area contributed by atoms with Crippen molar-refractivity contribution >= 4 is 14.3 Å². The molecule has 0 spiro atoms. The van der Waals surface area contributed by atoms with Gasteiger partial charge in [-0.2, -0.15) is 0 Å². The first-order valence-corrected chi connectivity index (χ1v) is 11.9. The average Bonchev–Trinajstić information content (AvgIpc) is 2.46. The van der Waals surface area contributed by atoms with Gasteiger partial charge < -0.3 is 9.53 Å². The second-order valence-electron chi connectivity index (χ2n) is 9.00. The average molecular weight is 349 g/mol. The maximum absolute atomic E-state index is 11.5. The maximum Gasteiger partial charge on any atom is 0.335 e. The highest BCUT2D eigenvalue weighted by Gasteiger charge is 2.41. The van der Waals surface area contributed by atoms with E-state index >= 15 is 0 Å². The fourth-order valence-electron chi connectivity index (χ4n) is 3.25. The Morgan fingerprint density at radius 2 is 1.75 bits per heavy atom. The minimum Gasteiger partial charge on any atom is -0.543 e. The molecule has 1 fully saturated rings. The van der Waals surface area contributed by atoms with Crippen molar-refractivity contribution in [1.82, 2.24) is 0 Å². The Balaban J connectivity index is 2.49. The van der Waals surface area contributed by atoms with Crippen molar-refractivity contribution < 1.29 is 14.3 Å². The summed E-state index contributed by atoms with van der Waals surface area (Å²) in [6.07, 6.45) is 5.88. The van der Waals surface area contributed by atoms with Crippen LogP contribution >= 0.6 is 0 Å². The van der Waals surface area contributed by atoms with Crippen molar-refractivity contribution in [2.75, 3.05) is 0 Å². The highest BCUT2D eigenvalue weighted by molar-refractivity contribution is 6.74. The second kappa shape index (κ2) is 6.55. The van der Waals surface area contributed by atoms with E-state index in [1.54, 1.807) is 6.07 Å². The van der Waals surface area contributed by atoms with Crippen molar-refractivity contribution in [1.29, 1.82) is 0 Å². The summed E-state index contributed by atoms with van der Waals surface area (Å²) in [5.74, 6) is 0.0329. The lowest BCUT2D eigenvalue weighted by Crippen LogP contribution is -2.44. The largest absolute Gasteiger partial charge is 0.543 e. The van der Waals surface area contributed by atoms with Crippen LogP contribution in [0.15, 0.2) is 18.2 Å². The van der Waals surface area contributed by atoms with E-state index in [1.165, 1.54) is 19.3 Å². The van der Waals surface area contributed by atoms with Crippen molar-refractivity contribution in [3.63, 3.8) is 0 Å². The SMILES string of the molecule is CC1(c2cc(C(=O)O)ccc2O[Si](C)(C)C(C)(C)C)CCCCC1. The fourth-order valence-corrected chi connectivity index (χ4v) is 4.29. The monoisotopic (exact) mass is 348 g/mol. The van der Waals surface area contributed by atoms with E-state index in [0.717, 1.165) is 24.2 Å². The number of carbonyl (C=O) groups is 1. The van der Waals surface area contributed by atoms with Gasteiger partial charge >= 0.3 is 5.97 Å². The van der Waals surface area contributed by atoms with Gasteiger partial charge in [0.25, 0.3) is 0 Å². The van der Waals surface area contributed by atoms with E-state index in [4.69, 9.17) is 4.43 Å². The summed E-state index contributed by atoms with van der Waals surface area (Å²) in [4.78, 5) is 11.5. The predicted molar refractivity (Wildman–Crippen MR) is 102 cm³/mol. The summed E-state index contributed by atoms with van der Waals surface area (Å²) in [6.45, 7) is 13.4. The standard InChI is InChI=1S/C20H32O3Si/c1-19(2,3)24(5,6)23-17-11-10-15(18(21)22)14-16(17)20(4)12-8-7-9-13-20/h10-11,14H,7-9,12-13H2,1-6H3,(H,21,22). The molecule has 1 saturated carbocycles. The van der Waals surface area contributed by atoms with Gasteiger partial charge in [0, 0.05) is 0 Å². The molecule has 2 rings (SSSR count). The number of carboxylic acids is 1. The van der Waals surface area contributed by atoms with Gasteiger partial charge in [-0.15, -0.1) is 0 Å². The third-order valence-corrected chi connectivity index (χ3v) is 10.3. The van der Waals surface area contributed by atoms with Crippen LogP contribution in [0.1, 0.15) is 75.7 Å². The molecule has 0 heterocycles. The van der Waals surface area contributed by atoms with Crippen LogP contribution in [0.5, 0.6) is 5.75 Å². The van der Waals surface area contributed by atoms with Gasteiger partial charge in [-0.05, 0) is 60.2 Å². The van der Waals surface area contributed by atoms with E-state index < -0.39 is 14.3 Å². The number of aromatic carboxylic acids is 1. The van der Waals surface area contributed by atoms with Gasteiger partial charge in [0.2, 0.25) is 8.32 Å². The normalized spacial score (nSPS) is 18.2. The van der Waals surface area contributed by atoms with Crippen LogP contribution in [-0.2, 0) is 5.41 Å². The molecular weight excluding hydrogens is 316 g/mol. The summed E-state index contributed by atoms with van der Waals surface area (Å²) in [7, 11) is -1.97. The molecule has 1 aliphatic carbocycles. The molecule has 1 aromatic rings. The lowest BCUT2D eigenvalue weighted by Gasteiger charge is -2.40. The summed E-state index contributed by atoms with van der Waals surface area (Å²) in [5, 5.41) is 9.53. The first-order chi connectivity index (χ1) is 11.0. The lowest BCUT2D eigenvalue weighted by atomic mass is 9.70. The van der Waals surface area contributed by atoms with Crippen LogP contribution < -0.4 is 4.43 Å². The lowest BCUT2D eigenvalue weighted by molar-refractivity contribution is 0.0696. The smallest absolute Gasteiger partial charge is 0.335 e. The topological polar surface area (TPSA) is 46.5 Å². The quantitative estimate of drug-likeness (QED) is 0.680. The molecule has 0 bridgehead atoms. The summed E-state index contributed by atoms with van der Waals surface area (Å²) in [5.41, 5.74) is 1.47. The predicted octanol–water partition coefficient (Wildman–Crippen LogP) is 5.99. The minimum atomic E-state index is -1.97. The van der Waals surface area contributed by atoms with Crippen LogP contribution in [0, 0.1) is 0 Å². The molecule has 1 aliphatic rings. The third-order valence-electron chi connectivity index (χ3n) is 6.01. The molecule has 4 heteroatoms. The zero-order valence-corrected chi connectivity index (χ0v) is 17.0. The van der Waals surface area contributed by atoms with E-state index in [9.17, 15) is 9.90 Å². The molecule has 0 saturated heterocycles.